The van der Waals surface area contributed by atoms with Crippen LogP contribution in [0, 0.1) is 0 Å². The topological polar surface area (TPSA) is 0 Å². The van der Waals surface area contributed by atoms with Gasteiger partial charge in [0.25, 0.3) is 0 Å². The minimum absolute atomic E-state index is 0. The van der Waals surface area contributed by atoms with Crippen molar-refractivity contribution in [3.05, 3.63) is 0 Å². The molecule has 27 valence electrons. The number of rotatable bonds is 0. The Morgan fingerprint density at radius 1 is 1.00 bits per heavy atom. The number of hydrogen-bond acceptors (Lipinski definition) is 0. The fraction of sp³-hybridized carbons (Fsp3) is 1.00. The van der Waals surface area contributed by atoms with Crippen molar-refractivity contribution in [1.29, 1.82) is 0 Å². The van der Waals surface area contributed by atoms with Crippen LogP contribution in [0.25, 0.3) is 0 Å². The molecule has 0 aromatic rings. The first kappa shape index (κ1) is 9.48. The molecule has 0 aliphatic rings. The standard InChI is InChI=1S/3CH3.Al.Ga/h3*1H3;;. The second kappa shape index (κ2) is 5.17. The van der Waals surface area contributed by atoms with Gasteiger partial charge in [-0.15, -0.1) is 0 Å². The fourth-order valence-corrected chi connectivity index (χ4v) is 0. The zero-order valence-electron chi connectivity index (χ0n) is 4.15. The van der Waals surface area contributed by atoms with Gasteiger partial charge >= 0.3 is 32.7 Å². The van der Waals surface area contributed by atoms with Crippen molar-refractivity contribution in [2.45, 2.75) is 16.4 Å². The Kier molecular flexibility index (Phi) is 9.80. The molecule has 5 heavy (non-hydrogen) atoms. The molecule has 0 amide bonds. The van der Waals surface area contributed by atoms with Crippen LogP contribution in [0.2, 0.25) is 16.4 Å². The summed E-state index contributed by atoms with van der Waals surface area (Å²) in [7, 11) is 0. The average Bonchev–Trinajstić information content (AvgIpc) is 0.811. The molecular weight excluding hydrogens is 133 g/mol. The third-order valence-corrected chi connectivity index (χ3v) is 0. The van der Waals surface area contributed by atoms with Crippen LogP contribution in [0.15, 0.2) is 0 Å². The number of hydrogen-bond donors (Lipinski definition) is 0. The van der Waals surface area contributed by atoms with Crippen molar-refractivity contribution in [2.75, 3.05) is 0 Å². The van der Waals surface area contributed by atoms with E-state index in [4.69, 9.17) is 0 Å². The Balaban J connectivity index is 0. The van der Waals surface area contributed by atoms with Crippen molar-refractivity contribution in [3.63, 3.8) is 0 Å². The predicted octanol–water partition coefficient (Wildman–Crippen LogP) is 0.990. The summed E-state index contributed by atoms with van der Waals surface area (Å²) in [6.45, 7) is 0. The van der Waals surface area contributed by atoms with Gasteiger partial charge in [-0.1, -0.05) is 0 Å². The van der Waals surface area contributed by atoms with Crippen molar-refractivity contribution >= 4 is 33.6 Å². The first-order valence-electron chi connectivity index (χ1n) is 1.73. The molecular formula is C3H9AlGa. The van der Waals surface area contributed by atoms with Crippen LogP contribution in [0.4, 0.5) is 0 Å². The summed E-state index contributed by atoms with van der Waals surface area (Å²) in [5.74, 6) is 0. The van der Waals surface area contributed by atoms with Gasteiger partial charge in [-0.25, -0.2) is 0 Å². The molecule has 0 rings (SSSR count). The zero-order chi connectivity index (χ0) is 3.58. The normalized spacial score (nSPS) is 5.40. The van der Waals surface area contributed by atoms with Crippen LogP contribution in [0.5, 0.6) is 0 Å². The summed E-state index contributed by atoms with van der Waals surface area (Å²) in [6, 6.07) is 0. The van der Waals surface area contributed by atoms with Crippen LogP contribution < -0.4 is 0 Å². The second-order valence-electron chi connectivity index (χ2n) is 1.73. The van der Waals surface area contributed by atoms with Crippen LogP contribution in [-0.4, -0.2) is 33.6 Å². The molecule has 0 nitrogen and oxygen atoms in total. The summed E-state index contributed by atoms with van der Waals surface area (Å²) < 4.78 is 0. The van der Waals surface area contributed by atoms with E-state index in [1.165, 1.54) is 0 Å². The Hall–Kier alpha value is 1.17. The Labute approximate surface area is 50.1 Å². The van der Waals surface area contributed by atoms with Crippen LogP contribution >= 0.6 is 0 Å². The van der Waals surface area contributed by atoms with E-state index in [2.05, 4.69) is 16.4 Å². The molecule has 0 N–H and O–H groups in total. The summed E-state index contributed by atoms with van der Waals surface area (Å²) in [5.41, 5.74) is 7.06. The maximum absolute atomic E-state index is 2.35. The van der Waals surface area contributed by atoms with Gasteiger partial charge in [-0.05, 0) is 0 Å². The quantitative estimate of drug-likeness (QED) is 0.442. The van der Waals surface area contributed by atoms with Gasteiger partial charge in [0.15, 0.2) is 0 Å². The van der Waals surface area contributed by atoms with Gasteiger partial charge in [0.1, 0.15) is 0 Å². The van der Waals surface area contributed by atoms with E-state index in [9.17, 15) is 0 Å². The summed E-state index contributed by atoms with van der Waals surface area (Å²) in [6.07, 6.45) is 0. The molecule has 0 aliphatic carbocycles. The van der Waals surface area contributed by atoms with Crippen LogP contribution in [0.1, 0.15) is 0 Å². The molecule has 0 aliphatic heterocycles. The van der Waals surface area contributed by atoms with Crippen molar-refractivity contribution in [2.24, 2.45) is 0 Å². The minimum atomic E-state index is -0.479. The monoisotopic (exact) mass is 141 g/mol. The van der Waals surface area contributed by atoms with E-state index in [1.807, 2.05) is 0 Å². The van der Waals surface area contributed by atoms with E-state index in [0.29, 0.717) is 0 Å². The zero-order valence-corrected chi connectivity index (χ0v) is 7.73. The van der Waals surface area contributed by atoms with E-state index in [-0.39, 0.29) is 17.4 Å². The Morgan fingerprint density at radius 2 is 1.00 bits per heavy atom. The van der Waals surface area contributed by atoms with E-state index in [1.54, 1.807) is 0 Å². The Morgan fingerprint density at radius 3 is 1.00 bits per heavy atom. The second-order valence-corrected chi connectivity index (χ2v) is 9.00. The fourth-order valence-electron chi connectivity index (χ4n) is 0. The molecule has 0 aromatic heterocycles. The van der Waals surface area contributed by atoms with Gasteiger partial charge in [0, 0.05) is 17.4 Å². The van der Waals surface area contributed by atoms with Crippen LogP contribution in [-0.2, 0) is 0 Å². The van der Waals surface area contributed by atoms with E-state index in [0.717, 1.165) is 0 Å². The van der Waals surface area contributed by atoms with Crippen molar-refractivity contribution in [3.8, 4) is 0 Å². The molecule has 0 aromatic carbocycles. The van der Waals surface area contributed by atoms with Gasteiger partial charge in [-0.2, -0.15) is 0 Å². The van der Waals surface area contributed by atoms with Gasteiger partial charge in [0.2, 0.25) is 0 Å². The van der Waals surface area contributed by atoms with Gasteiger partial charge in [0.05, 0.1) is 0 Å². The molecule has 3 radical (unpaired) electrons. The first-order chi connectivity index (χ1) is 1.73. The van der Waals surface area contributed by atoms with Gasteiger partial charge in [-0.3, -0.25) is 0 Å². The Bertz CT molecular complexity index is 11.6. The average molecular weight is 142 g/mol. The molecule has 0 atom stereocenters. The molecule has 0 bridgehead atoms. The molecule has 0 spiro atoms. The molecule has 0 heterocycles. The van der Waals surface area contributed by atoms with E-state index >= 15 is 0 Å². The van der Waals surface area contributed by atoms with E-state index < -0.39 is 16.2 Å². The van der Waals surface area contributed by atoms with Crippen molar-refractivity contribution < 1.29 is 0 Å². The molecule has 2 heteroatoms. The van der Waals surface area contributed by atoms with Crippen molar-refractivity contribution in [1.82, 2.24) is 0 Å². The maximum atomic E-state index is 2.35. The molecule has 0 saturated carbocycles. The molecule has 0 fully saturated rings. The summed E-state index contributed by atoms with van der Waals surface area (Å²) >= 11 is -0.479. The summed E-state index contributed by atoms with van der Waals surface area (Å²) in [5, 5.41) is 0. The SMILES string of the molecule is [Al].[CH3][Ga]([CH3])[CH3]. The molecule has 0 saturated heterocycles. The first-order valence-corrected chi connectivity index (χ1v) is 9.00. The third kappa shape index (κ3) is 38.0. The summed E-state index contributed by atoms with van der Waals surface area (Å²) in [4.78, 5) is 0. The van der Waals surface area contributed by atoms with Crippen LogP contribution in [0.3, 0.4) is 0 Å². The third-order valence-electron chi connectivity index (χ3n) is 0. The molecule has 0 unspecified atom stereocenters. The predicted molar refractivity (Wildman–Crippen MR) is 29.1 cm³/mol. The van der Waals surface area contributed by atoms with Gasteiger partial charge < -0.3 is 0 Å².